The summed E-state index contributed by atoms with van der Waals surface area (Å²) in [5, 5.41) is 12.0. The Bertz CT molecular complexity index is 618. The molecule has 3 rings (SSSR count). The van der Waals surface area contributed by atoms with Gasteiger partial charge in [-0.3, -0.25) is 9.59 Å². The lowest BCUT2D eigenvalue weighted by molar-refractivity contribution is -0.142. The third-order valence-corrected chi connectivity index (χ3v) is 4.60. The lowest BCUT2D eigenvalue weighted by atomic mass is 10.0. The number of ether oxygens (including phenoxy) is 2. The normalized spacial score (nSPS) is 23.1. The number of rotatable bonds is 3. The first-order chi connectivity index (χ1) is 10.6. The highest BCUT2D eigenvalue weighted by Crippen LogP contribution is 2.38. The van der Waals surface area contributed by atoms with E-state index in [4.69, 9.17) is 9.47 Å². The number of hydrogen-bond donors (Lipinski definition) is 2. The summed E-state index contributed by atoms with van der Waals surface area (Å²) >= 11 is 3.37. The van der Waals surface area contributed by atoms with Gasteiger partial charge in [-0.15, -0.1) is 0 Å². The van der Waals surface area contributed by atoms with Crippen LogP contribution in [0, 0.1) is 5.92 Å². The lowest BCUT2D eigenvalue weighted by Crippen LogP contribution is -2.40. The molecule has 1 saturated carbocycles. The molecule has 6 nitrogen and oxygen atoms in total. The van der Waals surface area contributed by atoms with Crippen molar-refractivity contribution in [2.45, 2.75) is 25.3 Å². The van der Waals surface area contributed by atoms with Gasteiger partial charge in [-0.05, 0) is 40.9 Å². The van der Waals surface area contributed by atoms with E-state index in [0.717, 1.165) is 6.42 Å². The number of aliphatic carboxylic acids is 1. The van der Waals surface area contributed by atoms with Gasteiger partial charge in [0.05, 0.1) is 10.4 Å². The summed E-state index contributed by atoms with van der Waals surface area (Å²) in [6, 6.07) is 2.96. The van der Waals surface area contributed by atoms with Crippen molar-refractivity contribution in [1.29, 1.82) is 0 Å². The molecule has 1 amide bonds. The van der Waals surface area contributed by atoms with Crippen LogP contribution in [0.3, 0.4) is 0 Å². The molecule has 0 spiro atoms. The molecule has 1 aliphatic heterocycles. The maximum absolute atomic E-state index is 12.4. The summed E-state index contributed by atoms with van der Waals surface area (Å²) in [7, 11) is 0. The molecule has 1 fully saturated rings. The Balaban J connectivity index is 1.78. The second kappa shape index (κ2) is 6.16. The number of nitrogens with one attached hydrogen (secondary N) is 1. The summed E-state index contributed by atoms with van der Waals surface area (Å²) in [6.07, 6.45) is 2.10. The first-order valence-electron chi connectivity index (χ1n) is 7.19. The third kappa shape index (κ3) is 2.90. The van der Waals surface area contributed by atoms with Crippen LogP contribution in [0.1, 0.15) is 29.6 Å². The van der Waals surface area contributed by atoms with E-state index in [0.29, 0.717) is 47.6 Å². The summed E-state index contributed by atoms with van der Waals surface area (Å²) < 4.78 is 11.6. The van der Waals surface area contributed by atoms with Gasteiger partial charge in [-0.2, -0.15) is 0 Å². The van der Waals surface area contributed by atoms with Crippen molar-refractivity contribution in [2.75, 3.05) is 13.2 Å². The highest BCUT2D eigenvalue weighted by atomic mass is 79.9. The molecule has 1 heterocycles. The molecule has 0 saturated heterocycles. The van der Waals surface area contributed by atoms with Gasteiger partial charge in [-0.1, -0.05) is 6.42 Å². The zero-order valence-electron chi connectivity index (χ0n) is 11.8. The predicted molar refractivity (Wildman–Crippen MR) is 81.4 cm³/mol. The zero-order chi connectivity index (χ0) is 15.7. The highest BCUT2D eigenvalue weighted by molar-refractivity contribution is 9.10. The van der Waals surface area contributed by atoms with Crippen LogP contribution in [0.25, 0.3) is 0 Å². The molecule has 0 bridgehead atoms. The SMILES string of the molecule is O=C(N[C@H]1CCC[C@H]1C(=O)O)c1cc(Br)c2c(c1)OCCO2. The molecular weight excluding hydrogens is 354 g/mol. The van der Waals surface area contributed by atoms with Crippen LogP contribution in [0.4, 0.5) is 0 Å². The fourth-order valence-electron chi connectivity index (χ4n) is 2.92. The van der Waals surface area contributed by atoms with Gasteiger partial charge in [0.25, 0.3) is 5.91 Å². The van der Waals surface area contributed by atoms with Gasteiger partial charge in [0.15, 0.2) is 11.5 Å². The first-order valence-corrected chi connectivity index (χ1v) is 7.98. The van der Waals surface area contributed by atoms with Crippen LogP contribution in [0.5, 0.6) is 11.5 Å². The fourth-order valence-corrected chi connectivity index (χ4v) is 3.48. The number of halogens is 1. The van der Waals surface area contributed by atoms with Crippen molar-refractivity contribution in [3.05, 3.63) is 22.2 Å². The number of carboxylic acids is 1. The van der Waals surface area contributed by atoms with Gasteiger partial charge in [-0.25, -0.2) is 0 Å². The quantitative estimate of drug-likeness (QED) is 0.852. The third-order valence-electron chi connectivity index (χ3n) is 4.01. The Morgan fingerprint density at radius 1 is 1.23 bits per heavy atom. The van der Waals surface area contributed by atoms with Gasteiger partial charge in [0, 0.05) is 11.6 Å². The van der Waals surface area contributed by atoms with E-state index in [2.05, 4.69) is 21.2 Å². The minimum atomic E-state index is -0.855. The Morgan fingerprint density at radius 2 is 2.00 bits per heavy atom. The number of carbonyl (C=O) groups is 2. The molecule has 1 aromatic carbocycles. The van der Waals surface area contributed by atoms with Gasteiger partial charge in [0.1, 0.15) is 13.2 Å². The topological polar surface area (TPSA) is 84.9 Å². The second-order valence-electron chi connectivity index (χ2n) is 5.44. The van der Waals surface area contributed by atoms with E-state index in [1.165, 1.54) is 0 Å². The summed E-state index contributed by atoms with van der Waals surface area (Å²) in [4.78, 5) is 23.6. The largest absolute Gasteiger partial charge is 0.486 e. The molecule has 2 atom stereocenters. The van der Waals surface area contributed by atoms with Crippen LogP contribution < -0.4 is 14.8 Å². The molecular formula is C15H16BrNO5. The summed E-state index contributed by atoms with van der Waals surface area (Å²) in [5.41, 5.74) is 0.423. The average molecular weight is 370 g/mol. The molecule has 1 aliphatic carbocycles. The number of amides is 1. The number of benzene rings is 1. The average Bonchev–Trinajstić information content (AvgIpc) is 2.95. The predicted octanol–water partition coefficient (Wildman–Crippen LogP) is 2.20. The molecule has 1 aromatic rings. The van der Waals surface area contributed by atoms with Crippen LogP contribution in [-0.4, -0.2) is 36.2 Å². The van der Waals surface area contributed by atoms with Crippen molar-refractivity contribution in [2.24, 2.45) is 5.92 Å². The molecule has 0 unspecified atom stereocenters. The van der Waals surface area contributed by atoms with Crippen molar-refractivity contribution in [3.8, 4) is 11.5 Å². The van der Waals surface area contributed by atoms with E-state index in [1.807, 2.05) is 0 Å². The van der Waals surface area contributed by atoms with Crippen LogP contribution in [-0.2, 0) is 4.79 Å². The highest BCUT2D eigenvalue weighted by Gasteiger charge is 2.34. The number of carbonyl (C=O) groups excluding carboxylic acids is 1. The van der Waals surface area contributed by atoms with Crippen molar-refractivity contribution < 1.29 is 24.2 Å². The fraction of sp³-hybridized carbons (Fsp3) is 0.467. The zero-order valence-corrected chi connectivity index (χ0v) is 13.4. The van der Waals surface area contributed by atoms with E-state index in [9.17, 15) is 14.7 Å². The number of fused-ring (bicyclic) bond motifs is 1. The van der Waals surface area contributed by atoms with Gasteiger partial charge >= 0.3 is 5.97 Å². The Kier molecular flexibility index (Phi) is 4.24. The van der Waals surface area contributed by atoms with E-state index in [-0.39, 0.29) is 11.9 Å². The molecule has 0 aromatic heterocycles. The van der Waals surface area contributed by atoms with E-state index >= 15 is 0 Å². The number of carboxylic acid groups (broad SMARTS) is 1. The summed E-state index contributed by atoms with van der Waals surface area (Å²) in [5.74, 6) is -0.550. The van der Waals surface area contributed by atoms with Crippen molar-refractivity contribution in [1.82, 2.24) is 5.32 Å². The second-order valence-corrected chi connectivity index (χ2v) is 6.29. The molecule has 0 radical (unpaired) electrons. The maximum Gasteiger partial charge on any atom is 0.308 e. The molecule has 7 heteroatoms. The standard InChI is InChI=1S/C15H16BrNO5/c16-10-6-8(7-12-13(10)22-5-4-21-12)14(18)17-11-3-1-2-9(11)15(19)20/h6-7,9,11H,1-5H2,(H,17,18)(H,19,20)/t9-,11+/m1/s1. The first kappa shape index (κ1) is 15.1. The minimum absolute atomic E-state index is 0.296. The van der Waals surface area contributed by atoms with Crippen LogP contribution in [0.2, 0.25) is 0 Å². The van der Waals surface area contributed by atoms with Gasteiger partial charge in [0.2, 0.25) is 0 Å². The summed E-state index contributed by atoms with van der Waals surface area (Å²) in [6.45, 7) is 0.910. The molecule has 2 aliphatic rings. The Hall–Kier alpha value is -1.76. The van der Waals surface area contributed by atoms with Crippen LogP contribution >= 0.6 is 15.9 Å². The van der Waals surface area contributed by atoms with Crippen LogP contribution in [0.15, 0.2) is 16.6 Å². The van der Waals surface area contributed by atoms with Crippen molar-refractivity contribution in [3.63, 3.8) is 0 Å². The molecule has 22 heavy (non-hydrogen) atoms. The monoisotopic (exact) mass is 369 g/mol. The van der Waals surface area contributed by atoms with E-state index in [1.54, 1.807) is 12.1 Å². The molecule has 118 valence electrons. The van der Waals surface area contributed by atoms with Crippen molar-refractivity contribution >= 4 is 27.8 Å². The maximum atomic E-state index is 12.4. The minimum Gasteiger partial charge on any atom is -0.486 e. The van der Waals surface area contributed by atoms with E-state index < -0.39 is 11.9 Å². The Morgan fingerprint density at radius 3 is 2.77 bits per heavy atom. The molecule has 2 N–H and O–H groups in total. The lowest BCUT2D eigenvalue weighted by Gasteiger charge is -2.21. The van der Waals surface area contributed by atoms with Gasteiger partial charge < -0.3 is 19.9 Å². The Labute approximate surface area is 135 Å². The smallest absolute Gasteiger partial charge is 0.308 e. The number of hydrogen-bond acceptors (Lipinski definition) is 4.